The average molecular weight is 475 g/mol. The van der Waals surface area contributed by atoms with Crippen molar-refractivity contribution in [3.8, 4) is 17.6 Å². The van der Waals surface area contributed by atoms with Crippen LogP contribution in [-0.2, 0) is 17.9 Å². The van der Waals surface area contributed by atoms with E-state index in [0.717, 1.165) is 28.7 Å². The van der Waals surface area contributed by atoms with Crippen LogP contribution < -0.4 is 15.4 Å². The zero-order valence-electron chi connectivity index (χ0n) is 19.7. The van der Waals surface area contributed by atoms with E-state index < -0.39 is 17.8 Å². The van der Waals surface area contributed by atoms with Crippen LogP contribution in [0.5, 0.6) is 5.75 Å². The number of amides is 2. The van der Waals surface area contributed by atoms with E-state index in [1.165, 1.54) is 0 Å². The highest BCUT2D eigenvalue weighted by atomic mass is 16.5. The van der Waals surface area contributed by atoms with E-state index in [4.69, 9.17) is 4.74 Å². The fourth-order valence-corrected chi connectivity index (χ4v) is 4.47. The minimum Gasteiger partial charge on any atom is -0.497 e. The molecular weight excluding hydrogens is 448 g/mol. The molecule has 2 aromatic carbocycles. The smallest absolute Gasteiger partial charge is 0.257 e. The van der Waals surface area contributed by atoms with Gasteiger partial charge in [-0.05, 0) is 50.0 Å². The fraction of sp³-hybridized carbons (Fsp3) is 0.320. The maximum absolute atomic E-state index is 13.1. The number of hydrogen-bond donors (Lipinski definition) is 4. The number of hydrogen-bond acceptors (Lipinski definition) is 7. The van der Waals surface area contributed by atoms with Crippen molar-refractivity contribution >= 4 is 22.7 Å². The molecular formula is C25H26N6O4. The number of benzene rings is 2. The molecule has 0 aliphatic carbocycles. The largest absolute Gasteiger partial charge is 0.497 e. The normalized spacial score (nSPS) is 21.3. The van der Waals surface area contributed by atoms with Crippen LogP contribution in [0.15, 0.2) is 36.4 Å². The van der Waals surface area contributed by atoms with Crippen LogP contribution in [0.3, 0.4) is 0 Å². The third-order valence-electron chi connectivity index (χ3n) is 6.19. The van der Waals surface area contributed by atoms with Crippen LogP contribution in [0.4, 0.5) is 0 Å². The number of fused-ring (bicyclic) bond motifs is 2. The molecule has 1 saturated heterocycles. The van der Waals surface area contributed by atoms with Crippen molar-refractivity contribution < 1.29 is 19.4 Å². The highest BCUT2D eigenvalue weighted by molar-refractivity contribution is 6.00. The second-order valence-corrected chi connectivity index (χ2v) is 9.03. The number of ether oxygens (including phenoxy) is 1. The van der Waals surface area contributed by atoms with Gasteiger partial charge in [0.2, 0.25) is 0 Å². The van der Waals surface area contributed by atoms with Crippen LogP contribution in [0.1, 0.15) is 27.2 Å². The Kier molecular flexibility index (Phi) is 5.68. The van der Waals surface area contributed by atoms with E-state index in [-0.39, 0.29) is 12.5 Å². The molecule has 5 rings (SSSR count). The number of nitrogens with one attached hydrogen (secondary N) is 3. The minimum atomic E-state index is -1.47. The molecule has 1 fully saturated rings. The van der Waals surface area contributed by atoms with Crippen molar-refractivity contribution in [3.05, 3.63) is 58.8 Å². The molecule has 3 heterocycles. The molecule has 2 aliphatic heterocycles. The standard InChI is InChI=1S/C25H26N6O4/c1-30(2)13-21-18-7-4-15(10-20(18)28-29-21)8-9-25(23(33)26-24(34)27-25)14-31-12-16-5-6-17(35-3)11-19(16)22(31)32/h4-7,10-11,24,27,34H,12-14H2,1-3H3,(H,26,33)(H,28,29). The van der Waals surface area contributed by atoms with Gasteiger partial charge in [0.25, 0.3) is 11.8 Å². The molecule has 2 aliphatic rings. The van der Waals surface area contributed by atoms with Gasteiger partial charge < -0.3 is 25.0 Å². The Morgan fingerprint density at radius 1 is 1.26 bits per heavy atom. The summed E-state index contributed by atoms with van der Waals surface area (Å²) < 4.78 is 5.23. The number of aromatic amines is 1. The van der Waals surface area contributed by atoms with Crippen molar-refractivity contribution in [2.24, 2.45) is 0 Å². The molecule has 2 unspecified atom stereocenters. The highest BCUT2D eigenvalue weighted by Gasteiger charge is 2.48. The molecule has 2 atom stereocenters. The van der Waals surface area contributed by atoms with E-state index in [1.807, 2.05) is 43.3 Å². The Morgan fingerprint density at radius 3 is 2.80 bits per heavy atom. The van der Waals surface area contributed by atoms with Crippen LogP contribution in [0.25, 0.3) is 10.9 Å². The van der Waals surface area contributed by atoms with Gasteiger partial charge in [-0.25, -0.2) is 5.32 Å². The summed E-state index contributed by atoms with van der Waals surface area (Å²) in [4.78, 5) is 29.6. The minimum absolute atomic E-state index is 0.0314. The monoisotopic (exact) mass is 474 g/mol. The van der Waals surface area contributed by atoms with E-state index in [2.05, 4.69) is 32.7 Å². The lowest BCUT2D eigenvalue weighted by atomic mass is 9.99. The molecule has 0 spiro atoms. The number of aliphatic hydroxyl groups is 1. The summed E-state index contributed by atoms with van der Waals surface area (Å²) in [5.74, 6) is 5.91. The van der Waals surface area contributed by atoms with Crippen molar-refractivity contribution in [1.82, 2.24) is 30.6 Å². The van der Waals surface area contributed by atoms with Crippen molar-refractivity contribution in [2.75, 3.05) is 27.7 Å². The number of carbonyl (C=O) groups excluding carboxylic acids is 2. The summed E-state index contributed by atoms with van der Waals surface area (Å²) in [7, 11) is 5.52. The first-order valence-electron chi connectivity index (χ1n) is 11.2. The Bertz CT molecular complexity index is 1390. The number of aromatic nitrogens is 2. The lowest BCUT2D eigenvalue weighted by Crippen LogP contribution is -2.54. The molecule has 2 amide bonds. The van der Waals surface area contributed by atoms with Crippen molar-refractivity contribution in [3.63, 3.8) is 0 Å². The molecule has 0 radical (unpaired) electrons. The molecule has 4 N–H and O–H groups in total. The van der Waals surface area contributed by atoms with Gasteiger partial charge in [0.05, 0.1) is 24.9 Å². The quantitative estimate of drug-likeness (QED) is 0.394. The Morgan fingerprint density at radius 2 is 2.09 bits per heavy atom. The second kappa shape index (κ2) is 8.70. The van der Waals surface area contributed by atoms with Crippen molar-refractivity contribution in [2.45, 2.75) is 25.0 Å². The zero-order chi connectivity index (χ0) is 24.7. The van der Waals surface area contributed by atoms with Crippen molar-refractivity contribution in [1.29, 1.82) is 0 Å². The topological polar surface area (TPSA) is 123 Å². The molecule has 3 aromatic rings. The summed E-state index contributed by atoms with van der Waals surface area (Å²) in [6.45, 7) is 1.03. The Labute approximate surface area is 202 Å². The summed E-state index contributed by atoms with van der Waals surface area (Å²) in [6.07, 6.45) is -1.26. The number of methoxy groups -OCH3 is 1. The van der Waals surface area contributed by atoms with Crippen LogP contribution in [0.2, 0.25) is 0 Å². The average Bonchev–Trinajstić information content (AvgIpc) is 3.45. The molecule has 0 bridgehead atoms. The van der Waals surface area contributed by atoms with Gasteiger partial charge in [-0.3, -0.25) is 14.7 Å². The Balaban J connectivity index is 1.43. The lowest BCUT2D eigenvalue weighted by Gasteiger charge is -2.26. The number of nitrogens with zero attached hydrogens (tertiary/aromatic N) is 3. The summed E-state index contributed by atoms with van der Waals surface area (Å²) >= 11 is 0. The first-order valence-corrected chi connectivity index (χ1v) is 11.2. The molecule has 1 aromatic heterocycles. The predicted octanol–water partition coefficient (Wildman–Crippen LogP) is 0.375. The first kappa shape index (κ1) is 22.9. The maximum atomic E-state index is 13.1. The molecule has 35 heavy (non-hydrogen) atoms. The third kappa shape index (κ3) is 4.21. The lowest BCUT2D eigenvalue weighted by molar-refractivity contribution is -0.123. The molecule has 180 valence electrons. The van der Waals surface area contributed by atoms with Gasteiger partial charge in [-0.1, -0.05) is 17.9 Å². The maximum Gasteiger partial charge on any atom is 0.257 e. The van der Waals surface area contributed by atoms with Gasteiger partial charge in [0.1, 0.15) is 5.75 Å². The zero-order valence-corrected chi connectivity index (χ0v) is 19.7. The van der Waals surface area contributed by atoms with E-state index in [9.17, 15) is 14.7 Å². The molecule has 10 nitrogen and oxygen atoms in total. The van der Waals surface area contributed by atoms with Gasteiger partial charge in [-0.2, -0.15) is 5.10 Å². The fourth-order valence-electron chi connectivity index (χ4n) is 4.47. The highest BCUT2D eigenvalue weighted by Crippen LogP contribution is 2.28. The third-order valence-corrected chi connectivity index (χ3v) is 6.19. The van der Waals surface area contributed by atoms with Crippen LogP contribution in [-0.4, -0.2) is 76.6 Å². The number of aliphatic hydroxyl groups excluding tert-OH is 1. The van der Waals surface area contributed by atoms with Gasteiger partial charge in [0, 0.05) is 29.6 Å². The molecule has 0 saturated carbocycles. The number of carbonyl (C=O) groups is 2. The summed E-state index contributed by atoms with van der Waals surface area (Å²) in [5.41, 5.74) is 2.34. The van der Waals surface area contributed by atoms with E-state index >= 15 is 0 Å². The van der Waals surface area contributed by atoms with E-state index in [0.29, 0.717) is 23.4 Å². The van der Waals surface area contributed by atoms with E-state index in [1.54, 1.807) is 24.1 Å². The molecule has 10 heteroatoms. The predicted molar refractivity (Wildman–Crippen MR) is 128 cm³/mol. The van der Waals surface area contributed by atoms with Gasteiger partial charge >= 0.3 is 0 Å². The van der Waals surface area contributed by atoms with Gasteiger partial charge in [0.15, 0.2) is 11.9 Å². The number of H-pyrrole nitrogens is 1. The summed E-state index contributed by atoms with van der Waals surface area (Å²) in [5, 5.41) is 23.8. The SMILES string of the molecule is COc1ccc2c(c1)C(=O)N(CC1(C#Cc3ccc4c(CN(C)C)[nH]nc4c3)NC(O)NC1=O)C2. The summed E-state index contributed by atoms with van der Waals surface area (Å²) in [6, 6.07) is 11.0. The first-order chi connectivity index (χ1) is 16.8. The number of rotatable bonds is 5. The van der Waals surface area contributed by atoms with Crippen LogP contribution in [0, 0.1) is 11.8 Å². The second-order valence-electron chi connectivity index (χ2n) is 9.03. The van der Waals surface area contributed by atoms with Gasteiger partial charge in [-0.15, -0.1) is 0 Å². The Hall–Kier alpha value is -3.91. The van der Waals surface area contributed by atoms with Crippen LogP contribution >= 0.6 is 0 Å².